The van der Waals surface area contributed by atoms with E-state index in [0.717, 1.165) is 6.92 Å². The topological polar surface area (TPSA) is 0 Å². The van der Waals surface area contributed by atoms with E-state index in [-0.39, 0.29) is 6.42 Å². The first kappa shape index (κ1) is 9.74. The molecule has 1 rings (SSSR count). The van der Waals surface area contributed by atoms with Crippen LogP contribution in [0.4, 0.5) is 22.0 Å². The van der Waals surface area contributed by atoms with Crippen molar-refractivity contribution in [3.63, 3.8) is 0 Å². The van der Waals surface area contributed by atoms with E-state index in [1.165, 1.54) is 6.92 Å². The molecule has 0 radical (unpaired) electrons. The van der Waals surface area contributed by atoms with Gasteiger partial charge in [0.05, 0.1) is 0 Å². The lowest BCUT2D eigenvalue weighted by Gasteiger charge is -2.15. The fourth-order valence-corrected chi connectivity index (χ4v) is 1.30. The lowest BCUT2D eigenvalue weighted by Crippen LogP contribution is -2.24. The highest BCUT2D eigenvalue weighted by Gasteiger charge is 2.89. The van der Waals surface area contributed by atoms with Crippen molar-refractivity contribution in [3.05, 3.63) is 0 Å². The van der Waals surface area contributed by atoms with Gasteiger partial charge in [0.2, 0.25) is 0 Å². The predicted octanol–water partition coefficient (Wildman–Crippen LogP) is 3.03. The predicted molar refractivity (Wildman–Crippen MR) is 33.2 cm³/mol. The molecule has 1 fully saturated rings. The van der Waals surface area contributed by atoms with Crippen molar-refractivity contribution >= 4 is 0 Å². The van der Waals surface area contributed by atoms with Gasteiger partial charge in [0, 0.05) is 0 Å². The Labute approximate surface area is 66.8 Å². The molecule has 0 amide bonds. The molecule has 0 aromatic rings. The fraction of sp³-hybridized carbons (Fsp3) is 1.00. The second kappa shape index (κ2) is 2.12. The molecule has 1 aliphatic rings. The molecule has 72 valence electrons. The second-order valence-electron chi connectivity index (χ2n) is 3.31. The van der Waals surface area contributed by atoms with Gasteiger partial charge >= 0.3 is 11.8 Å². The van der Waals surface area contributed by atoms with E-state index >= 15 is 0 Å². The fourth-order valence-electron chi connectivity index (χ4n) is 1.30. The van der Waals surface area contributed by atoms with Gasteiger partial charge in [-0.15, -0.1) is 0 Å². The van der Waals surface area contributed by atoms with Crippen molar-refractivity contribution in [3.8, 4) is 0 Å². The quantitative estimate of drug-likeness (QED) is 0.584. The minimum atomic E-state index is -4.16. The zero-order valence-electron chi connectivity index (χ0n) is 6.67. The summed E-state index contributed by atoms with van der Waals surface area (Å²) >= 11 is 0. The van der Waals surface area contributed by atoms with Crippen LogP contribution in [0.5, 0.6) is 0 Å². The summed E-state index contributed by atoms with van der Waals surface area (Å²) in [5.41, 5.74) is -2.48. The molecule has 1 aliphatic carbocycles. The molecule has 0 aliphatic heterocycles. The smallest absolute Gasteiger partial charge is 0.243 e. The van der Waals surface area contributed by atoms with E-state index in [9.17, 15) is 22.0 Å². The first-order valence-electron chi connectivity index (χ1n) is 3.62. The number of hydrogen-bond acceptors (Lipinski definition) is 0. The van der Waals surface area contributed by atoms with Gasteiger partial charge in [-0.25, -0.2) is 4.39 Å². The van der Waals surface area contributed by atoms with Gasteiger partial charge in [-0.05, 0) is 13.3 Å². The molecule has 0 heterocycles. The number of hydrogen-bond donors (Lipinski definition) is 0. The highest BCUT2D eigenvalue weighted by atomic mass is 19.3. The normalized spacial score (nSPS) is 31.2. The van der Waals surface area contributed by atoms with Crippen molar-refractivity contribution in [2.45, 2.75) is 37.8 Å². The number of halogens is 5. The van der Waals surface area contributed by atoms with Gasteiger partial charge < -0.3 is 0 Å². The summed E-state index contributed by atoms with van der Waals surface area (Å²) in [6.45, 7) is 2.05. The SMILES string of the molecule is CCC(C)(F)C1C(F)(F)C1(F)F. The van der Waals surface area contributed by atoms with Crippen LogP contribution in [-0.2, 0) is 0 Å². The maximum atomic E-state index is 13.0. The van der Waals surface area contributed by atoms with E-state index in [2.05, 4.69) is 0 Å². The van der Waals surface area contributed by atoms with E-state index in [1.807, 2.05) is 0 Å². The van der Waals surface area contributed by atoms with Gasteiger partial charge in [-0.2, -0.15) is 17.6 Å². The number of alkyl halides is 5. The van der Waals surface area contributed by atoms with Crippen molar-refractivity contribution in [2.75, 3.05) is 0 Å². The Morgan fingerprint density at radius 1 is 1.17 bits per heavy atom. The highest BCUT2D eigenvalue weighted by Crippen LogP contribution is 2.67. The van der Waals surface area contributed by atoms with Crippen LogP contribution in [0.2, 0.25) is 0 Å². The molecule has 0 nitrogen and oxygen atoms in total. The summed E-state index contributed by atoms with van der Waals surface area (Å²) in [6, 6.07) is 0. The molecular weight excluding hydrogens is 179 g/mol. The minimum absolute atomic E-state index is 0.331. The molecule has 12 heavy (non-hydrogen) atoms. The molecule has 0 bridgehead atoms. The third kappa shape index (κ3) is 0.944. The van der Waals surface area contributed by atoms with E-state index in [1.54, 1.807) is 0 Å². The summed E-state index contributed by atoms with van der Waals surface area (Å²) in [6.07, 6.45) is -0.331. The Morgan fingerprint density at radius 3 is 1.58 bits per heavy atom. The zero-order chi connectivity index (χ0) is 9.78. The van der Waals surface area contributed by atoms with Crippen LogP contribution in [0.1, 0.15) is 20.3 Å². The van der Waals surface area contributed by atoms with Crippen molar-refractivity contribution in [1.29, 1.82) is 0 Å². The highest BCUT2D eigenvalue weighted by molar-refractivity contribution is 5.20. The average Bonchev–Trinajstić information content (AvgIpc) is 2.25. The second-order valence-corrected chi connectivity index (χ2v) is 3.31. The molecular formula is C7H9F5. The molecule has 1 saturated carbocycles. The van der Waals surface area contributed by atoms with Crippen LogP contribution in [-0.4, -0.2) is 17.5 Å². The van der Waals surface area contributed by atoms with Crippen LogP contribution in [0.15, 0.2) is 0 Å². The lowest BCUT2D eigenvalue weighted by molar-refractivity contribution is -0.0278. The molecule has 1 unspecified atom stereocenters. The molecule has 0 spiro atoms. The van der Waals surface area contributed by atoms with Crippen molar-refractivity contribution < 1.29 is 22.0 Å². The van der Waals surface area contributed by atoms with E-state index in [0.29, 0.717) is 0 Å². The van der Waals surface area contributed by atoms with E-state index < -0.39 is 23.4 Å². The van der Waals surface area contributed by atoms with E-state index in [4.69, 9.17) is 0 Å². The third-order valence-electron chi connectivity index (χ3n) is 2.38. The summed E-state index contributed by atoms with van der Waals surface area (Å²) in [5, 5.41) is 0. The zero-order valence-corrected chi connectivity index (χ0v) is 6.67. The monoisotopic (exact) mass is 188 g/mol. The van der Waals surface area contributed by atoms with Gasteiger partial charge in [-0.1, -0.05) is 6.92 Å². The summed E-state index contributed by atoms with van der Waals surface area (Å²) in [4.78, 5) is 0. The van der Waals surface area contributed by atoms with Gasteiger partial charge in [0.25, 0.3) is 0 Å². The standard InChI is InChI=1S/C7H9F5/c1-3-5(2,8)4-6(9,10)7(4,11)12/h4H,3H2,1-2H3. The Balaban J connectivity index is 2.84. The maximum Gasteiger partial charge on any atom is 0.322 e. The Morgan fingerprint density at radius 2 is 1.50 bits per heavy atom. The summed E-state index contributed by atoms with van der Waals surface area (Å²) < 4.78 is 62.1. The third-order valence-corrected chi connectivity index (χ3v) is 2.38. The van der Waals surface area contributed by atoms with Crippen LogP contribution in [0.25, 0.3) is 0 Å². The average molecular weight is 188 g/mol. The van der Waals surface area contributed by atoms with Crippen molar-refractivity contribution in [2.24, 2.45) is 5.92 Å². The molecule has 0 N–H and O–H groups in total. The minimum Gasteiger partial charge on any atom is -0.243 e. The van der Waals surface area contributed by atoms with Crippen molar-refractivity contribution in [1.82, 2.24) is 0 Å². The van der Waals surface area contributed by atoms with Crippen LogP contribution < -0.4 is 0 Å². The first-order chi connectivity index (χ1) is 5.18. The first-order valence-corrected chi connectivity index (χ1v) is 3.62. The van der Waals surface area contributed by atoms with Gasteiger partial charge in [0.15, 0.2) is 0 Å². The summed E-state index contributed by atoms with van der Waals surface area (Å²) in [7, 11) is 0. The van der Waals surface area contributed by atoms with Crippen LogP contribution in [0.3, 0.4) is 0 Å². The molecule has 1 atom stereocenters. The number of rotatable bonds is 2. The molecule has 0 saturated heterocycles. The Hall–Kier alpha value is -0.350. The largest absolute Gasteiger partial charge is 0.322 e. The Kier molecular flexibility index (Phi) is 1.72. The Bertz CT molecular complexity index is 182. The molecule has 0 aromatic heterocycles. The lowest BCUT2D eigenvalue weighted by atomic mass is 9.99. The molecule has 0 aromatic carbocycles. The van der Waals surface area contributed by atoms with Crippen LogP contribution in [0, 0.1) is 5.92 Å². The van der Waals surface area contributed by atoms with Gasteiger partial charge in [-0.3, -0.25) is 0 Å². The summed E-state index contributed by atoms with van der Waals surface area (Å²) in [5.74, 6) is -10.8. The molecule has 5 heteroatoms. The van der Waals surface area contributed by atoms with Gasteiger partial charge in [0.1, 0.15) is 11.6 Å². The maximum absolute atomic E-state index is 13.0. The van der Waals surface area contributed by atoms with Crippen LogP contribution >= 0.6 is 0 Å².